The Morgan fingerprint density at radius 2 is 1.67 bits per heavy atom. The molecule has 2 nitrogen and oxygen atoms in total. The average molecular weight is 248 g/mol. The van der Waals surface area contributed by atoms with E-state index in [4.69, 9.17) is 0 Å². The highest BCUT2D eigenvalue weighted by molar-refractivity contribution is 5.07. The Balaban J connectivity index is 1.48. The average Bonchev–Trinajstić information content (AvgIpc) is 2.79. The Labute approximate surface area is 111 Å². The quantitative estimate of drug-likeness (QED) is 0.825. The van der Waals surface area contributed by atoms with Gasteiger partial charge in [0.2, 0.25) is 0 Å². The molecule has 2 heteroatoms. The molecule has 0 aromatic carbocycles. The van der Waals surface area contributed by atoms with Crippen molar-refractivity contribution in [1.29, 1.82) is 0 Å². The third-order valence-electron chi connectivity index (χ3n) is 6.51. The van der Waals surface area contributed by atoms with Crippen LogP contribution in [0, 0.1) is 23.7 Å². The smallest absolute Gasteiger partial charge is 0.0214 e. The molecule has 0 aromatic rings. The van der Waals surface area contributed by atoms with E-state index in [1.807, 2.05) is 0 Å². The van der Waals surface area contributed by atoms with Crippen molar-refractivity contribution in [2.45, 2.75) is 50.5 Å². The van der Waals surface area contributed by atoms with E-state index in [0.717, 1.165) is 23.7 Å². The molecule has 0 amide bonds. The third kappa shape index (κ3) is 1.84. The summed E-state index contributed by atoms with van der Waals surface area (Å²) in [7, 11) is 2.44. The van der Waals surface area contributed by atoms with Gasteiger partial charge >= 0.3 is 0 Å². The Bertz CT molecular complexity index is 284. The zero-order valence-electron chi connectivity index (χ0n) is 11.8. The molecule has 5 aliphatic rings. The van der Waals surface area contributed by atoms with Crippen molar-refractivity contribution in [2.24, 2.45) is 23.7 Å². The van der Waals surface area contributed by atoms with Crippen LogP contribution in [0.2, 0.25) is 0 Å². The maximum Gasteiger partial charge on any atom is 0.0214 e. The first-order chi connectivity index (χ1) is 8.73. The summed E-state index contributed by atoms with van der Waals surface area (Å²) in [5.74, 6) is 4.17. The second kappa shape index (κ2) is 4.21. The molecule has 1 atom stereocenters. The Morgan fingerprint density at radius 3 is 2.17 bits per heavy atom. The first-order valence-electron chi connectivity index (χ1n) is 8.15. The molecule has 4 aliphatic carbocycles. The van der Waals surface area contributed by atoms with Gasteiger partial charge in [0, 0.05) is 12.1 Å². The highest BCUT2D eigenvalue weighted by atomic mass is 15.2. The molecule has 1 heterocycles. The van der Waals surface area contributed by atoms with Crippen molar-refractivity contribution in [2.75, 3.05) is 26.7 Å². The molecule has 1 aliphatic heterocycles. The summed E-state index contributed by atoms with van der Waals surface area (Å²) in [5, 5.41) is 3.52. The number of nitrogens with one attached hydrogen (secondary N) is 1. The van der Waals surface area contributed by atoms with Gasteiger partial charge in [-0.1, -0.05) is 0 Å². The molecular formula is C16H28N2. The summed E-state index contributed by atoms with van der Waals surface area (Å²) in [6.45, 7) is 3.86. The van der Waals surface area contributed by atoms with Crippen molar-refractivity contribution in [3.8, 4) is 0 Å². The minimum atomic E-state index is 0.622. The van der Waals surface area contributed by atoms with Gasteiger partial charge in [0.1, 0.15) is 0 Å². The van der Waals surface area contributed by atoms with Crippen LogP contribution in [-0.2, 0) is 0 Å². The monoisotopic (exact) mass is 248 g/mol. The lowest BCUT2D eigenvalue weighted by Crippen LogP contribution is -2.59. The van der Waals surface area contributed by atoms with E-state index < -0.39 is 0 Å². The highest BCUT2D eigenvalue weighted by Crippen LogP contribution is 2.57. The van der Waals surface area contributed by atoms with Crippen LogP contribution >= 0.6 is 0 Å². The minimum absolute atomic E-state index is 0.622. The summed E-state index contributed by atoms with van der Waals surface area (Å²) in [6.07, 6.45) is 10.7. The van der Waals surface area contributed by atoms with E-state index in [1.165, 1.54) is 45.3 Å². The predicted molar refractivity (Wildman–Crippen MR) is 74.5 cm³/mol. The van der Waals surface area contributed by atoms with Crippen LogP contribution in [0.3, 0.4) is 0 Å². The van der Waals surface area contributed by atoms with Crippen molar-refractivity contribution >= 4 is 0 Å². The number of hydrogen-bond donors (Lipinski definition) is 1. The molecule has 5 rings (SSSR count). The molecule has 0 spiro atoms. The number of hydrogen-bond acceptors (Lipinski definition) is 2. The third-order valence-corrected chi connectivity index (χ3v) is 6.51. The SMILES string of the molecule is CN(CC1CCNC1)C12CC3CC(CC(C3)C1)C2. The molecule has 0 aromatic heterocycles. The molecule has 102 valence electrons. The van der Waals surface area contributed by atoms with E-state index in [-0.39, 0.29) is 0 Å². The van der Waals surface area contributed by atoms with E-state index in [2.05, 4.69) is 17.3 Å². The summed E-state index contributed by atoms with van der Waals surface area (Å²) in [5.41, 5.74) is 0.622. The fourth-order valence-electron chi connectivity index (χ4n) is 5.98. The van der Waals surface area contributed by atoms with E-state index >= 15 is 0 Å². The van der Waals surface area contributed by atoms with Crippen LogP contribution in [0.25, 0.3) is 0 Å². The van der Waals surface area contributed by atoms with Gasteiger partial charge in [-0.15, -0.1) is 0 Å². The van der Waals surface area contributed by atoms with E-state index in [1.54, 1.807) is 19.3 Å². The number of nitrogens with zero attached hydrogens (tertiary/aromatic N) is 1. The molecule has 1 N–H and O–H groups in total. The van der Waals surface area contributed by atoms with Gasteiger partial charge in [-0.2, -0.15) is 0 Å². The van der Waals surface area contributed by atoms with Gasteiger partial charge in [-0.25, -0.2) is 0 Å². The van der Waals surface area contributed by atoms with Gasteiger partial charge in [0.15, 0.2) is 0 Å². The second-order valence-corrected chi connectivity index (χ2v) is 7.88. The highest BCUT2D eigenvalue weighted by Gasteiger charge is 2.52. The molecule has 18 heavy (non-hydrogen) atoms. The summed E-state index contributed by atoms with van der Waals surface area (Å²) in [6, 6.07) is 0. The Hall–Kier alpha value is -0.0800. The first kappa shape index (κ1) is 11.7. The zero-order chi connectivity index (χ0) is 12.2. The van der Waals surface area contributed by atoms with E-state index in [0.29, 0.717) is 5.54 Å². The van der Waals surface area contributed by atoms with Gasteiger partial charge < -0.3 is 10.2 Å². The van der Waals surface area contributed by atoms with Gasteiger partial charge in [-0.3, -0.25) is 0 Å². The lowest BCUT2D eigenvalue weighted by Gasteiger charge is -2.60. The standard InChI is InChI=1S/C16H28N2/c1-18(11-12-2-3-17-10-12)16-7-13-4-14(8-16)6-15(5-13)9-16/h12-15,17H,2-11H2,1H3. The van der Waals surface area contributed by atoms with Crippen LogP contribution in [0.4, 0.5) is 0 Å². The Morgan fingerprint density at radius 1 is 1.06 bits per heavy atom. The van der Waals surface area contributed by atoms with Crippen molar-refractivity contribution in [3.63, 3.8) is 0 Å². The molecule has 0 radical (unpaired) electrons. The fourth-order valence-corrected chi connectivity index (χ4v) is 5.98. The molecular weight excluding hydrogens is 220 g/mol. The van der Waals surface area contributed by atoms with Crippen LogP contribution < -0.4 is 5.32 Å². The fraction of sp³-hybridized carbons (Fsp3) is 1.00. The topological polar surface area (TPSA) is 15.3 Å². The van der Waals surface area contributed by atoms with Crippen molar-refractivity contribution in [1.82, 2.24) is 10.2 Å². The lowest BCUT2D eigenvalue weighted by molar-refractivity contribution is -0.0825. The molecule has 4 saturated carbocycles. The number of rotatable bonds is 3. The molecule has 5 fully saturated rings. The molecule has 1 saturated heterocycles. The maximum absolute atomic E-state index is 3.52. The van der Waals surface area contributed by atoms with Crippen LogP contribution in [0.5, 0.6) is 0 Å². The second-order valence-electron chi connectivity index (χ2n) is 7.88. The molecule has 1 unspecified atom stereocenters. The maximum atomic E-state index is 3.52. The van der Waals surface area contributed by atoms with Crippen molar-refractivity contribution < 1.29 is 0 Å². The normalized spacial score (nSPS) is 50.3. The lowest BCUT2D eigenvalue weighted by atomic mass is 9.52. The van der Waals surface area contributed by atoms with Crippen molar-refractivity contribution in [3.05, 3.63) is 0 Å². The first-order valence-corrected chi connectivity index (χ1v) is 8.15. The minimum Gasteiger partial charge on any atom is -0.316 e. The zero-order valence-corrected chi connectivity index (χ0v) is 11.8. The van der Waals surface area contributed by atoms with E-state index in [9.17, 15) is 0 Å². The predicted octanol–water partition coefficient (Wildman–Crippen LogP) is 2.50. The van der Waals surface area contributed by atoms with Gasteiger partial charge in [-0.05, 0) is 88.8 Å². The largest absolute Gasteiger partial charge is 0.316 e. The van der Waals surface area contributed by atoms with Crippen LogP contribution in [0.1, 0.15) is 44.9 Å². The van der Waals surface area contributed by atoms with Crippen LogP contribution in [-0.4, -0.2) is 37.1 Å². The van der Waals surface area contributed by atoms with Gasteiger partial charge in [0.05, 0.1) is 0 Å². The van der Waals surface area contributed by atoms with Crippen LogP contribution in [0.15, 0.2) is 0 Å². The summed E-state index contributed by atoms with van der Waals surface area (Å²) in [4.78, 5) is 2.80. The molecule has 4 bridgehead atoms. The Kier molecular flexibility index (Phi) is 2.74. The van der Waals surface area contributed by atoms with Gasteiger partial charge in [0.25, 0.3) is 0 Å². The summed E-state index contributed by atoms with van der Waals surface area (Å²) < 4.78 is 0. The summed E-state index contributed by atoms with van der Waals surface area (Å²) >= 11 is 0.